The SMILES string of the molecule is CN/C=C(\C=N)[C@@H]1[C@@H](C(O)Nc2cc(F)cc(C#N)c2)c2cc(F)ccc2C(=O)N1CC(C)C. The van der Waals surface area contributed by atoms with Crippen LogP contribution < -0.4 is 10.6 Å². The van der Waals surface area contributed by atoms with Gasteiger partial charge in [0.2, 0.25) is 0 Å². The molecule has 178 valence electrons. The Balaban J connectivity index is 2.18. The maximum absolute atomic E-state index is 14.3. The number of amides is 1. The lowest BCUT2D eigenvalue weighted by Gasteiger charge is -2.45. The van der Waals surface area contributed by atoms with E-state index in [-0.39, 0.29) is 34.2 Å². The summed E-state index contributed by atoms with van der Waals surface area (Å²) >= 11 is 0. The Bertz CT molecular complexity index is 1160. The van der Waals surface area contributed by atoms with E-state index in [2.05, 4.69) is 10.6 Å². The Kier molecular flexibility index (Phi) is 7.64. The normalized spacial score (nSPS) is 18.8. The Morgan fingerprint density at radius 1 is 1.26 bits per heavy atom. The maximum atomic E-state index is 14.3. The third kappa shape index (κ3) is 5.07. The van der Waals surface area contributed by atoms with Crippen molar-refractivity contribution >= 4 is 17.8 Å². The Morgan fingerprint density at radius 2 is 2.00 bits per heavy atom. The van der Waals surface area contributed by atoms with Gasteiger partial charge in [0, 0.05) is 42.8 Å². The molecule has 1 heterocycles. The zero-order valence-corrected chi connectivity index (χ0v) is 19.1. The van der Waals surface area contributed by atoms with Gasteiger partial charge in [-0.2, -0.15) is 5.26 Å². The number of nitriles is 1. The number of nitrogens with zero attached hydrogens (tertiary/aromatic N) is 2. The smallest absolute Gasteiger partial charge is 0.254 e. The number of benzene rings is 2. The molecular weight excluding hydrogens is 440 g/mol. The fraction of sp³-hybridized carbons (Fsp3) is 0.320. The highest BCUT2D eigenvalue weighted by Gasteiger charge is 2.45. The van der Waals surface area contributed by atoms with E-state index in [1.807, 2.05) is 19.9 Å². The van der Waals surface area contributed by atoms with E-state index >= 15 is 0 Å². The number of carbonyl (C=O) groups is 1. The second-order valence-corrected chi connectivity index (χ2v) is 8.56. The fourth-order valence-corrected chi connectivity index (χ4v) is 4.35. The molecule has 1 amide bonds. The average molecular weight is 468 g/mol. The lowest BCUT2D eigenvalue weighted by atomic mass is 9.78. The second-order valence-electron chi connectivity index (χ2n) is 8.56. The first kappa shape index (κ1) is 24.9. The minimum absolute atomic E-state index is 0.0632. The van der Waals surface area contributed by atoms with Crippen LogP contribution in [0.2, 0.25) is 0 Å². The molecule has 0 aliphatic carbocycles. The molecular formula is C25H27F2N5O2. The van der Waals surface area contributed by atoms with Gasteiger partial charge in [-0.3, -0.25) is 4.79 Å². The third-order valence-electron chi connectivity index (χ3n) is 5.60. The first-order chi connectivity index (χ1) is 16.2. The quantitative estimate of drug-likeness (QED) is 0.350. The number of halogens is 2. The van der Waals surface area contributed by atoms with E-state index in [0.717, 1.165) is 18.3 Å². The van der Waals surface area contributed by atoms with Crippen LogP contribution in [0.15, 0.2) is 48.2 Å². The molecule has 0 fully saturated rings. The number of carbonyl (C=O) groups excluding carboxylic acids is 1. The predicted octanol–water partition coefficient (Wildman–Crippen LogP) is 3.58. The van der Waals surface area contributed by atoms with Crippen molar-refractivity contribution in [2.24, 2.45) is 5.92 Å². The van der Waals surface area contributed by atoms with Crippen molar-refractivity contribution in [3.8, 4) is 6.07 Å². The number of hydrogen-bond donors (Lipinski definition) is 4. The van der Waals surface area contributed by atoms with Crippen LogP contribution >= 0.6 is 0 Å². The summed E-state index contributed by atoms with van der Waals surface area (Å²) in [6, 6.07) is 8.40. The van der Waals surface area contributed by atoms with Crippen molar-refractivity contribution < 1.29 is 18.7 Å². The lowest BCUT2D eigenvalue weighted by Crippen LogP contribution is -2.54. The molecule has 9 heteroatoms. The lowest BCUT2D eigenvalue weighted by molar-refractivity contribution is 0.0520. The molecule has 0 bridgehead atoms. The zero-order chi connectivity index (χ0) is 25.0. The topological polar surface area (TPSA) is 112 Å². The minimum atomic E-state index is -1.41. The van der Waals surface area contributed by atoms with Crippen molar-refractivity contribution in [1.82, 2.24) is 10.2 Å². The van der Waals surface area contributed by atoms with Crippen LogP contribution in [0.5, 0.6) is 0 Å². The van der Waals surface area contributed by atoms with E-state index in [4.69, 9.17) is 10.7 Å². The van der Waals surface area contributed by atoms with Crippen LogP contribution in [0.25, 0.3) is 0 Å². The first-order valence-corrected chi connectivity index (χ1v) is 10.8. The first-order valence-electron chi connectivity index (χ1n) is 10.8. The van der Waals surface area contributed by atoms with E-state index in [9.17, 15) is 18.7 Å². The van der Waals surface area contributed by atoms with Gasteiger partial charge in [0.15, 0.2) is 0 Å². The number of rotatable bonds is 8. The molecule has 0 saturated heterocycles. The fourth-order valence-electron chi connectivity index (χ4n) is 4.35. The molecule has 0 spiro atoms. The molecule has 4 N–H and O–H groups in total. The third-order valence-corrected chi connectivity index (χ3v) is 5.60. The molecule has 0 saturated carbocycles. The van der Waals surface area contributed by atoms with Crippen molar-refractivity contribution in [2.45, 2.75) is 32.0 Å². The number of hydrogen-bond acceptors (Lipinski definition) is 6. The van der Waals surface area contributed by atoms with Crippen LogP contribution in [0.4, 0.5) is 14.5 Å². The summed E-state index contributed by atoms with van der Waals surface area (Å²) in [5.41, 5.74) is 1.13. The Morgan fingerprint density at radius 3 is 2.62 bits per heavy atom. The van der Waals surface area contributed by atoms with Crippen molar-refractivity contribution in [1.29, 1.82) is 10.7 Å². The average Bonchev–Trinajstić information content (AvgIpc) is 2.78. The zero-order valence-electron chi connectivity index (χ0n) is 19.1. The number of aliphatic hydroxyl groups is 1. The standard InChI is InChI=1S/C25H27F2N5O2/c1-14(2)13-32-23(16(11-29)12-30-3)22(21-9-17(26)4-5-20(21)25(32)34)24(33)31-19-7-15(10-28)6-18(27)8-19/h4-9,11-12,14,22-24,29-31,33H,13H2,1-3H3/b16-12+,29-11?/t22-,23+,24?/m0/s1. The molecule has 1 aliphatic heterocycles. The van der Waals surface area contributed by atoms with Gasteiger partial charge < -0.3 is 26.0 Å². The molecule has 1 aliphatic rings. The molecule has 7 nitrogen and oxygen atoms in total. The summed E-state index contributed by atoms with van der Waals surface area (Å²) in [5.74, 6) is -2.41. The monoisotopic (exact) mass is 467 g/mol. The number of aliphatic hydroxyl groups excluding tert-OH is 1. The van der Waals surface area contributed by atoms with Gasteiger partial charge in [-0.1, -0.05) is 13.8 Å². The predicted molar refractivity (Wildman–Crippen MR) is 125 cm³/mol. The molecule has 0 radical (unpaired) electrons. The summed E-state index contributed by atoms with van der Waals surface area (Å²) in [4.78, 5) is 15.0. The molecule has 0 aromatic heterocycles. The largest absolute Gasteiger partial charge is 0.394 e. The van der Waals surface area contributed by atoms with Crippen LogP contribution in [0.1, 0.15) is 41.3 Å². The summed E-state index contributed by atoms with van der Waals surface area (Å²) in [6.07, 6.45) is 1.22. The summed E-state index contributed by atoms with van der Waals surface area (Å²) in [5, 5.41) is 34.1. The van der Waals surface area contributed by atoms with E-state index in [1.54, 1.807) is 18.1 Å². The maximum Gasteiger partial charge on any atom is 0.254 e. The highest BCUT2D eigenvalue weighted by Crippen LogP contribution is 2.39. The van der Waals surface area contributed by atoms with Crippen LogP contribution in [-0.2, 0) is 0 Å². The highest BCUT2D eigenvalue weighted by molar-refractivity contribution is 5.99. The van der Waals surface area contributed by atoms with Gasteiger partial charge in [-0.25, -0.2) is 8.78 Å². The van der Waals surface area contributed by atoms with E-state index in [1.165, 1.54) is 24.3 Å². The second kappa shape index (κ2) is 10.4. The van der Waals surface area contributed by atoms with Gasteiger partial charge >= 0.3 is 0 Å². The minimum Gasteiger partial charge on any atom is -0.394 e. The number of anilines is 1. The summed E-state index contributed by atoms with van der Waals surface area (Å²) < 4.78 is 28.3. The highest BCUT2D eigenvalue weighted by atomic mass is 19.1. The number of nitrogens with one attached hydrogen (secondary N) is 3. The Hall–Kier alpha value is -3.77. The van der Waals surface area contributed by atoms with Gasteiger partial charge in [0.1, 0.15) is 17.9 Å². The molecule has 2 aromatic carbocycles. The van der Waals surface area contributed by atoms with Gasteiger partial charge in [0.25, 0.3) is 5.91 Å². The van der Waals surface area contributed by atoms with Gasteiger partial charge in [-0.15, -0.1) is 0 Å². The summed E-state index contributed by atoms with van der Waals surface area (Å²) in [6.45, 7) is 4.21. The molecule has 1 unspecified atom stereocenters. The van der Waals surface area contributed by atoms with Crippen molar-refractivity contribution in [2.75, 3.05) is 18.9 Å². The van der Waals surface area contributed by atoms with Crippen LogP contribution in [-0.4, -0.2) is 48.0 Å². The van der Waals surface area contributed by atoms with Gasteiger partial charge in [0.05, 0.1) is 23.6 Å². The van der Waals surface area contributed by atoms with Crippen molar-refractivity contribution in [3.05, 3.63) is 76.5 Å². The molecule has 2 aromatic rings. The molecule has 3 atom stereocenters. The molecule has 34 heavy (non-hydrogen) atoms. The Labute approximate surface area is 197 Å². The number of fused-ring (bicyclic) bond motifs is 1. The van der Waals surface area contributed by atoms with Crippen LogP contribution in [0, 0.1) is 34.3 Å². The van der Waals surface area contributed by atoms with Crippen molar-refractivity contribution in [3.63, 3.8) is 0 Å². The van der Waals surface area contributed by atoms with Crippen LogP contribution in [0.3, 0.4) is 0 Å². The van der Waals surface area contributed by atoms with E-state index < -0.39 is 29.8 Å². The summed E-state index contributed by atoms with van der Waals surface area (Å²) in [7, 11) is 1.65. The molecule has 3 rings (SSSR count). The van der Waals surface area contributed by atoms with E-state index in [0.29, 0.717) is 12.1 Å². The van der Waals surface area contributed by atoms with Gasteiger partial charge in [-0.05, 0) is 47.9 Å².